The van der Waals surface area contributed by atoms with E-state index in [-0.39, 0.29) is 43.4 Å². The average molecular weight is 382 g/mol. The summed E-state index contributed by atoms with van der Waals surface area (Å²) in [6, 6.07) is 3.50. The van der Waals surface area contributed by atoms with Crippen LogP contribution in [0.4, 0.5) is 0 Å². The molecule has 0 saturated heterocycles. The van der Waals surface area contributed by atoms with Gasteiger partial charge in [-0.1, -0.05) is 6.07 Å². The van der Waals surface area contributed by atoms with Crippen LogP contribution in [0.3, 0.4) is 0 Å². The number of esters is 1. The quantitative estimate of drug-likeness (QED) is 0.503. The Labute approximate surface area is 157 Å². The third-order valence-corrected chi connectivity index (χ3v) is 4.11. The molecule has 1 aromatic rings. The molecule has 7 nitrogen and oxygen atoms in total. The van der Waals surface area contributed by atoms with Crippen LogP contribution in [0.15, 0.2) is 17.5 Å². The molecule has 144 valence electrons. The number of thiophene rings is 1. The van der Waals surface area contributed by atoms with Crippen LogP contribution in [-0.2, 0) is 19.1 Å². The monoisotopic (exact) mass is 382 g/mol. The van der Waals surface area contributed by atoms with Crippen molar-refractivity contribution < 1.29 is 23.9 Å². The Morgan fingerprint density at radius 2 is 1.85 bits per heavy atom. The smallest absolute Gasteiger partial charge is 0.308 e. The number of rotatable bonds is 9. The molecule has 0 radical (unpaired) electrons. The van der Waals surface area contributed by atoms with Gasteiger partial charge in [0.25, 0.3) is 5.91 Å². The number of ether oxygens (including phenoxy) is 1. The highest BCUT2D eigenvalue weighted by atomic mass is 32.1. The lowest BCUT2D eigenvalue weighted by Gasteiger charge is -2.23. The standard InChI is InChI=1S/C18H26N2O5S/c1-12(17(24)20-18(2,3)4)25-16(23)9-10-19-15(22)8-7-13(21)14-6-5-11-26-14/h5-6,11-12H,7-10H2,1-4H3,(H,19,22)(H,20,24). The Kier molecular flexibility index (Phi) is 8.44. The predicted molar refractivity (Wildman–Crippen MR) is 99.0 cm³/mol. The van der Waals surface area contributed by atoms with Gasteiger partial charge in [-0.2, -0.15) is 0 Å². The molecule has 0 aliphatic rings. The minimum Gasteiger partial charge on any atom is -0.452 e. The van der Waals surface area contributed by atoms with E-state index in [0.29, 0.717) is 4.88 Å². The maximum absolute atomic E-state index is 11.8. The Morgan fingerprint density at radius 1 is 1.15 bits per heavy atom. The molecule has 26 heavy (non-hydrogen) atoms. The second kappa shape index (κ2) is 10.1. The van der Waals surface area contributed by atoms with E-state index in [1.54, 1.807) is 12.1 Å². The van der Waals surface area contributed by atoms with Crippen LogP contribution >= 0.6 is 11.3 Å². The van der Waals surface area contributed by atoms with Gasteiger partial charge in [-0.15, -0.1) is 11.3 Å². The summed E-state index contributed by atoms with van der Waals surface area (Å²) in [6.07, 6.45) is -0.754. The lowest BCUT2D eigenvalue weighted by molar-refractivity contribution is -0.155. The van der Waals surface area contributed by atoms with Gasteiger partial charge < -0.3 is 15.4 Å². The molecule has 1 atom stereocenters. The first-order valence-electron chi connectivity index (χ1n) is 8.43. The van der Waals surface area contributed by atoms with Crippen molar-refractivity contribution in [2.75, 3.05) is 6.54 Å². The summed E-state index contributed by atoms with van der Waals surface area (Å²) in [7, 11) is 0. The number of carbonyl (C=O) groups excluding carboxylic acids is 4. The zero-order chi connectivity index (χ0) is 19.7. The van der Waals surface area contributed by atoms with Crippen LogP contribution in [0.25, 0.3) is 0 Å². The molecule has 0 aliphatic carbocycles. The summed E-state index contributed by atoms with van der Waals surface area (Å²) >= 11 is 1.34. The van der Waals surface area contributed by atoms with Crippen LogP contribution in [0.1, 0.15) is 56.6 Å². The van der Waals surface area contributed by atoms with Crippen molar-refractivity contribution >= 4 is 34.9 Å². The van der Waals surface area contributed by atoms with E-state index in [2.05, 4.69) is 10.6 Å². The van der Waals surface area contributed by atoms with Crippen molar-refractivity contribution in [3.8, 4) is 0 Å². The number of carbonyl (C=O) groups is 4. The SMILES string of the molecule is CC(OC(=O)CCNC(=O)CCC(=O)c1cccs1)C(=O)NC(C)(C)C. The maximum atomic E-state index is 11.8. The average Bonchev–Trinajstić information content (AvgIpc) is 3.05. The fourth-order valence-electron chi connectivity index (χ4n) is 1.96. The van der Waals surface area contributed by atoms with Crippen LogP contribution in [0, 0.1) is 0 Å². The van der Waals surface area contributed by atoms with E-state index in [1.165, 1.54) is 18.3 Å². The lowest BCUT2D eigenvalue weighted by atomic mass is 10.1. The predicted octanol–water partition coefficient (Wildman–Crippen LogP) is 2.06. The first-order chi connectivity index (χ1) is 12.1. The number of amides is 2. The van der Waals surface area contributed by atoms with Gasteiger partial charge in [0.05, 0.1) is 11.3 Å². The molecule has 0 saturated carbocycles. The van der Waals surface area contributed by atoms with Crippen molar-refractivity contribution in [1.29, 1.82) is 0 Å². The summed E-state index contributed by atoms with van der Waals surface area (Å²) in [6.45, 7) is 7.08. The van der Waals surface area contributed by atoms with Crippen molar-refractivity contribution in [3.63, 3.8) is 0 Å². The fraction of sp³-hybridized carbons (Fsp3) is 0.556. The molecular weight excluding hydrogens is 356 g/mol. The van der Waals surface area contributed by atoms with E-state index in [1.807, 2.05) is 26.2 Å². The number of hydrogen-bond donors (Lipinski definition) is 2. The van der Waals surface area contributed by atoms with E-state index < -0.39 is 17.6 Å². The van der Waals surface area contributed by atoms with E-state index >= 15 is 0 Å². The Balaban J connectivity index is 2.21. The fourth-order valence-corrected chi connectivity index (χ4v) is 2.66. The van der Waals surface area contributed by atoms with Gasteiger partial charge in [-0.3, -0.25) is 19.2 Å². The molecule has 2 amide bonds. The Morgan fingerprint density at radius 3 is 2.42 bits per heavy atom. The first kappa shape index (κ1) is 21.8. The van der Waals surface area contributed by atoms with E-state index in [9.17, 15) is 19.2 Å². The highest BCUT2D eigenvalue weighted by Gasteiger charge is 2.22. The van der Waals surface area contributed by atoms with Crippen LogP contribution in [0.5, 0.6) is 0 Å². The van der Waals surface area contributed by atoms with Gasteiger partial charge in [0.15, 0.2) is 11.9 Å². The molecule has 8 heteroatoms. The summed E-state index contributed by atoms with van der Waals surface area (Å²) in [5.41, 5.74) is -0.410. The summed E-state index contributed by atoms with van der Waals surface area (Å²) in [4.78, 5) is 47.7. The van der Waals surface area contributed by atoms with Crippen molar-refractivity contribution in [3.05, 3.63) is 22.4 Å². The number of hydrogen-bond acceptors (Lipinski definition) is 6. The molecule has 1 aromatic heterocycles. The number of Topliss-reactive ketones (excluding diaryl/α,β-unsaturated/α-hetero) is 1. The normalized spacial score (nSPS) is 12.2. The molecule has 0 bridgehead atoms. The zero-order valence-corrected chi connectivity index (χ0v) is 16.4. The van der Waals surface area contributed by atoms with Crippen molar-refractivity contribution in [2.45, 2.75) is 58.6 Å². The maximum Gasteiger partial charge on any atom is 0.308 e. The second-order valence-electron chi connectivity index (χ2n) is 6.87. The molecule has 0 spiro atoms. The first-order valence-corrected chi connectivity index (χ1v) is 9.31. The molecule has 1 rings (SSSR count). The van der Waals surface area contributed by atoms with Gasteiger partial charge in [0.1, 0.15) is 0 Å². The van der Waals surface area contributed by atoms with Crippen molar-refractivity contribution in [1.82, 2.24) is 10.6 Å². The third kappa shape index (κ3) is 8.75. The summed E-state index contributed by atoms with van der Waals surface area (Å²) < 4.78 is 5.03. The van der Waals surface area contributed by atoms with Crippen LogP contribution in [-0.4, -0.2) is 41.8 Å². The zero-order valence-electron chi connectivity index (χ0n) is 15.6. The van der Waals surface area contributed by atoms with Crippen LogP contribution < -0.4 is 10.6 Å². The Hall–Kier alpha value is -2.22. The number of ketones is 1. The number of nitrogens with one attached hydrogen (secondary N) is 2. The molecule has 0 aliphatic heterocycles. The van der Waals surface area contributed by atoms with Gasteiger partial charge >= 0.3 is 5.97 Å². The molecule has 1 heterocycles. The minimum atomic E-state index is -0.902. The van der Waals surface area contributed by atoms with Gasteiger partial charge in [-0.25, -0.2) is 0 Å². The van der Waals surface area contributed by atoms with Gasteiger partial charge in [-0.05, 0) is 39.1 Å². The lowest BCUT2D eigenvalue weighted by Crippen LogP contribution is -2.46. The van der Waals surface area contributed by atoms with Crippen LogP contribution in [0.2, 0.25) is 0 Å². The van der Waals surface area contributed by atoms with Gasteiger partial charge in [0, 0.05) is 24.9 Å². The summed E-state index contributed by atoms with van der Waals surface area (Å²) in [5.74, 6) is -1.33. The molecule has 2 N–H and O–H groups in total. The third-order valence-electron chi connectivity index (χ3n) is 3.20. The Bertz CT molecular complexity index is 635. The summed E-state index contributed by atoms with van der Waals surface area (Å²) in [5, 5.41) is 7.09. The molecular formula is C18H26N2O5S. The highest BCUT2D eigenvalue weighted by molar-refractivity contribution is 7.12. The second-order valence-corrected chi connectivity index (χ2v) is 7.82. The molecule has 0 aromatic carbocycles. The van der Waals surface area contributed by atoms with E-state index in [0.717, 1.165) is 0 Å². The van der Waals surface area contributed by atoms with E-state index in [4.69, 9.17) is 4.74 Å². The molecule has 1 unspecified atom stereocenters. The topological polar surface area (TPSA) is 102 Å². The van der Waals surface area contributed by atoms with Crippen molar-refractivity contribution in [2.24, 2.45) is 0 Å². The molecule has 0 fully saturated rings. The minimum absolute atomic E-state index is 0.0439. The van der Waals surface area contributed by atoms with Gasteiger partial charge in [0.2, 0.25) is 5.91 Å². The largest absolute Gasteiger partial charge is 0.452 e. The highest BCUT2D eigenvalue weighted by Crippen LogP contribution is 2.12.